The zero-order chi connectivity index (χ0) is 16.7. The Kier molecular flexibility index (Phi) is 4.12. The summed E-state index contributed by atoms with van der Waals surface area (Å²) in [4.78, 5) is 27.3. The maximum Gasteiger partial charge on any atom is 0.312 e. The molecule has 0 radical (unpaired) electrons. The lowest BCUT2D eigenvalue weighted by atomic mass is 9.77. The Balaban J connectivity index is 1.48. The van der Waals surface area contributed by atoms with E-state index in [4.69, 9.17) is 14.2 Å². The largest absolute Gasteiger partial charge is 0.465 e. The summed E-state index contributed by atoms with van der Waals surface area (Å²) < 4.78 is 17.1. The fourth-order valence-corrected chi connectivity index (χ4v) is 4.45. The van der Waals surface area contributed by atoms with Crippen molar-refractivity contribution >= 4 is 11.9 Å². The van der Waals surface area contributed by atoms with Crippen LogP contribution >= 0.6 is 0 Å². The second-order valence-corrected chi connectivity index (χ2v) is 7.27. The number of hydrogen-bond acceptors (Lipinski definition) is 5. The number of fused-ring (bicyclic) bond motifs is 1. The summed E-state index contributed by atoms with van der Waals surface area (Å²) in [7, 11) is 0. The molecule has 6 heteroatoms. The van der Waals surface area contributed by atoms with Crippen molar-refractivity contribution in [2.24, 2.45) is 11.8 Å². The fourth-order valence-electron chi connectivity index (χ4n) is 4.45. The minimum atomic E-state index is -0.644. The first kappa shape index (κ1) is 16.1. The number of unbranched alkanes of at least 4 members (excludes halogenated alkanes) is 1. The summed E-state index contributed by atoms with van der Waals surface area (Å²) in [6.45, 7) is 4.34. The first-order valence-electron chi connectivity index (χ1n) is 9.09. The average molecular weight is 335 g/mol. The van der Waals surface area contributed by atoms with Crippen LogP contribution < -0.4 is 0 Å². The molecule has 0 unspecified atom stereocenters. The van der Waals surface area contributed by atoms with Crippen LogP contribution in [0.4, 0.5) is 0 Å². The molecule has 4 aliphatic heterocycles. The third-order valence-electron chi connectivity index (χ3n) is 5.64. The van der Waals surface area contributed by atoms with Crippen LogP contribution in [-0.4, -0.2) is 60.9 Å². The molecule has 24 heavy (non-hydrogen) atoms. The summed E-state index contributed by atoms with van der Waals surface area (Å²) in [5.41, 5.74) is -0.644. The standard InChI is InChI=1S/C18H25NO5/c1-2-3-8-23-17(21)14-13-6-7-18(24-13)11-19(16(20)15(14)18)10-12-5-4-9-22-12/h6-7,12-15H,2-5,8-11H2,1H3/t12-,13-,14-,15+,18-/m1/s1. The summed E-state index contributed by atoms with van der Waals surface area (Å²) in [5.74, 6) is -1.23. The number of likely N-dealkylation sites (tertiary alicyclic amines) is 1. The van der Waals surface area contributed by atoms with Crippen molar-refractivity contribution in [2.75, 3.05) is 26.3 Å². The van der Waals surface area contributed by atoms with E-state index in [1.165, 1.54) is 0 Å². The molecule has 3 saturated heterocycles. The van der Waals surface area contributed by atoms with Crippen LogP contribution in [0, 0.1) is 11.8 Å². The highest BCUT2D eigenvalue weighted by Gasteiger charge is 2.67. The lowest BCUT2D eigenvalue weighted by Gasteiger charge is -2.23. The molecule has 4 aliphatic rings. The zero-order valence-corrected chi connectivity index (χ0v) is 14.1. The van der Waals surface area contributed by atoms with Crippen molar-refractivity contribution < 1.29 is 23.8 Å². The van der Waals surface area contributed by atoms with Crippen molar-refractivity contribution in [3.05, 3.63) is 12.2 Å². The Morgan fingerprint density at radius 1 is 1.50 bits per heavy atom. The van der Waals surface area contributed by atoms with Crippen LogP contribution in [0.15, 0.2) is 12.2 Å². The molecule has 4 rings (SSSR count). The molecule has 3 fully saturated rings. The molecular formula is C18H25NO5. The van der Waals surface area contributed by atoms with E-state index < -0.39 is 17.4 Å². The minimum absolute atomic E-state index is 0.00907. The first-order chi connectivity index (χ1) is 11.6. The van der Waals surface area contributed by atoms with Gasteiger partial charge in [-0.15, -0.1) is 0 Å². The summed E-state index contributed by atoms with van der Waals surface area (Å²) in [6, 6.07) is 0. The molecule has 5 atom stereocenters. The maximum absolute atomic E-state index is 13.0. The third-order valence-corrected chi connectivity index (χ3v) is 5.64. The lowest BCUT2D eigenvalue weighted by molar-refractivity contribution is -0.154. The summed E-state index contributed by atoms with van der Waals surface area (Å²) in [5, 5.41) is 0. The van der Waals surface area contributed by atoms with Crippen LogP contribution in [0.25, 0.3) is 0 Å². The van der Waals surface area contributed by atoms with E-state index in [0.29, 0.717) is 19.7 Å². The maximum atomic E-state index is 13.0. The van der Waals surface area contributed by atoms with E-state index in [0.717, 1.165) is 32.3 Å². The molecule has 2 bridgehead atoms. The van der Waals surface area contributed by atoms with Gasteiger partial charge in [0.25, 0.3) is 0 Å². The van der Waals surface area contributed by atoms with Crippen molar-refractivity contribution in [3.63, 3.8) is 0 Å². The summed E-state index contributed by atoms with van der Waals surface area (Å²) >= 11 is 0. The number of hydrogen-bond donors (Lipinski definition) is 0. The molecule has 0 aromatic carbocycles. The highest BCUT2D eigenvalue weighted by molar-refractivity contribution is 5.91. The third kappa shape index (κ3) is 2.47. The highest BCUT2D eigenvalue weighted by Crippen LogP contribution is 2.52. The van der Waals surface area contributed by atoms with Crippen molar-refractivity contribution in [1.82, 2.24) is 4.90 Å². The van der Waals surface area contributed by atoms with Crippen molar-refractivity contribution in [1.29, 1.82) is 0 Å². The minimum Gasteiger partial charge on any atom is -0.465 e. The van der Waals surface area contributed by atoms with Gasteiger partial charge in [-0.3, -0.25) is 9.59 Å². The SMILES string of the molecule is CCCCOC(=O)[C@H]1[C@H]2C(=O)N(C[C@H]3CCCO3)C[C@]23C=C[C@H]1O3. The number of carbonyl (C=O) groups is 2. The Bertz CT molecular complexity index is 556. The first-order valence-corrected chi connectivity index (χ1v) is 9.09. The Morgan fingerprint density at radius 2 is 2.38 bits per heavy atom. The molecule has 1 spiro atoms. The molecule has 6 nitrogen and oxygen atoms in total. The van der Waals surface area contributed by atoms with Gasteiger partial charge in [0.15, 0.2) is 0 Å². The number of ether oxygens (including phenoxy) is 3. The number of esters is 1. The lowest BCUT2D eigenvalue weighted by Crippen LogP contribution is -2.40. The van der Waals surface area contributed by atoms with Gasteiger partial charge < -0.3 is 19.1 Å². The Labute approximate surface area is 142 Å². The fraction of sp³-hybridized carbons (Fsp3) is 0.778. The van der Waals surface area contributed by atoms with E-state index in [1.54, 1.807) is 0 Å². The van der Waals surface area contributed by atoms with E-state index in [-0.39, 0.29) is 24.1 Å². The molecule has 1 amide bonds. The predicted molar refractivity (Wildman–Crippen MR) is 85.1 cm³/mol. The Hall–Kier alpha value is -1.40. The van der Waals surface area contributed by atoms with E-state index in [2.05, 4.69) is 6.92 Å². The van der Waals surface area contributed by atoms with Crippen molar-refractivity contribution in [2.45, 2.75) is 50.4 Å². The predicted octanol–water partition coefficient (Wildman–Crippen LogP) is 1.29. The number of nitrogens with zero attached hydrogens (tertiary/aromatic N) is 1. The smallest absolute Gasteiger partial charge is 0.312 e. The molecule has 4 heterocycles. The van der Waals surface area contributed by atoms with Crippen molar-refractivity contribution in [3.8, 4) is 0 Å². The molecule has 0 aromatic heterocycles. The number of rotatable bonds is 6. The molecule has 132 valence electrons. The van der Waals surface area contributed by atoms with Crippen LogP contribution in [0.2, 0.25) is 0 Å². The van der Waals surface area contributed by atoms with Gasteiger partial charge in [-0.2, -0.15) is 0 Å². The monoisotopic (exact) mass is 335 g/mol. The zero-order valence-electron chi connectivity index (χ0n) is 14.1. The second kappa shape index (κ2) is 6.15. The molecule has 0 N–H and O–H groups in total. The second-order valence-electron chi connectivity index (χ2n) is 7.27. The number of amides is 1. The normalized spacial score (nSPS) is 39.7. The highest BCUT2D eigenvalue weighted by atomic mass is 16.6. The van der Waals surface area contributed by atoms with Gasteiger partial charge in [-0.1, -0.05) is 25.5 Å². The van der Waals surface area contributed by atoms with E-state index in [1.807, 2.05) is 17.1 Å². The van der Waals surface area contributed by atoms with Crippen LogP contribution in [-0.2, 0) is 23.8 Å². The number of carbonyl (C=O) groups excluding carboxylic acids is 2. The molecule has 0 aliphatic carbocycles. The quantitative estimate of drug-likeness (QED) is 0.416. The van der Waals surface area contributed by atoms with Gasteiger partial charge in [0.1, 0.15) is 11.5 Å². The summed E-state index contributed by atoms with van der Waals surface area (Å²) in [6.07, 6.45) is 7.54. The Morgan fingerprint density at radius 3 is 3.12 bits per heavy atom. The van der Waals surface area contributed by atoms with Gasteiger partial charge in [-0.25, -0.2) is 0 Å². The van der Waals surface area contributed by atoms with Crippen LogP contribution in [0.3, 0.4) is 0 Å². The van der Waals surface area contributed by atoms with E-state index in [9.17, 15) is 9.59 Å². The van der Waals surface area contributed by atoms with Gasteiger partial charge >= 0.3 is 5.97 Å². The molecule has 0 aromatic rings. The van der Waals surface area contributed by atoms with Crippen LogP contribution in [0.1, 0.15) is 32.6 Å². The average Bonchev–Trinajstić information content (AvgIpc) is 3.31. The van der Waals surface area contributed by atoms with Gasteiger partial charge in [-0.05, 0) is 19.3 Å². The topological polar surface area (TPSA) is 65.1 Å². The molecule has 0 saturated carbocycles. The van der Waals surface area contributed by atoms with E-state index >= 15 is 0 Å². The molecular weight excluding hydrogens is 310 g/mol. The van der Waals surface area contributed by atoms with Gasteiger partial charge in [0.05, 0.1) is 31.3 Å². The van der Waals surface area contributed by atoms with Gasteiger partial charge in [0, 0.05) is 13.2 Å². The van der Waals surface area contributed by atoms with Gasteiger partial charge in [0.2, 0.25) is 5.91 Å². The van der Waals surface area contributed by atoms with Crippen LogP contribution in [0.5, 0.6) is 0 Å².